The third kappa shape index (κ3) is 21.8. The van der Waals surface area contributed by atoms with E-state index in [1.54, 1.807) is 0 Å². The van der Waals surface area contributed by atoms with Crippen LogP contribution < -0.4 is 0 Å². The molecule has 0 aromatic carbocycles. The Balaban J connectivity index is 2.92. The van der Waals surface area contributed by atoms with Gasteiger partial charge in [0.1, 0.15) is 6.79 Å². The molecule has 0 aliphatic rings. The molecular weight excluding hydrogens is 300 g/mol. The highest BCUT2D eigenvalue weighted by Gasteiger charge is 1.93. The molecule has 0 spiro atoms. The fourth-order valence-corrected chi connectivity index (χ4v) is 1.55. The first-order valence-electron chi connectivity index (χ1n) is 8.88. The summed E-state index contributed by atoms with van der Waals surface area (Å²) in [5.41, 5.74) is 0. The lowest BCUT2D eigenvalue weighted by Gasteiger charge is -2.08. The smallest absolute Gasteiger partial charge is 0.146 e. The van der Waals surface area contributed by atoms with Gasteiger partial charge in [-0.1, -0.05) is 26.7 Å². The van der Waals surface area contributed by atoms with E-state index in [-0.39, 0.29) is 6.79 Å². The van der Waals surface area contributed by atoms with Gasteiger partial charge in [0.05, 0.1) is 52.9 Å². The third-order valence-corrected chi connectivity index (χ3v) is 2.94. The number of unbranched alkanes of at least 4 members (excludes halogenated alkanes) is 2. The van der Waals surface area contributed by atoms with Gasteiger partial charge >= 0.3 is 0 Å². The average Bonchev–Trinajstić information content (AvgIpc) is 2.57. The average molecular weight is 336 g/mol. The molecule has 0 saturated carbocycles. The summed E-state index contributed by atoms with van der Waals surface area (Å²) >= 11 is 0. The van der Waals surface area contributed by atoms with Crippen molar-refractivity contribution in [2.45, 2.75) is 39.5 Å². The Morgan fingerprint density at radius 2 is 0.696 bits per heavy atom. The molecule has 0 heterocycles. The quantitative estimate of drug-likeness (QED) is 0.252. The Kier molecular flexibility index (Phi) is 21.5. The minimum absolute atomic E-state index is 0.271. The fourth-order valence-electron chi connectivity index (χ4n) is 1.55. The van der Waals surface area contributed by atoms with Crippen LogP contribution in [0.5, 0.6) is 0 Å². The van der Waals surface area contributed by atoms with Crippen molar-refractivity contribution >= 4 is 0 Å². The van der Waals surface area contributed by atoms with Crippen molar-refractivity contribution in [3.05, 3.63) is 0 Å². The molecule has 0 unspecified atom stereocenters. The molecule has 0 atom stereocenters. The summed E-state index contributed by atoms with van der Waals surface area (Å²) in [7, 11) is 0. The summed E-state index contributed by atoms with van der Waals surface area (Å²) in [4.78, 5) is 0. The molecule has 0 saturated heterocycles. The summed E-state index contributed by atoms with van der Waals surface area (Å²) < 4.78 is 32.1. The molecule has 140 valence electrons. The maximum atomic E-state index is 5.38. The van der Waals surface area contributed by atoms with Crippen LogP contribution in [0.3, 0.4) is 0 Å². The first kappa shape index (κ1) is 22.8. The van der Waals surface area contributed by atoms with Crippen LogP contribution in [0, 0.1) is 0 Å². The highest BCUT2D eigenvalue weighted by atomic mass is 16.7. The monoisotopic (exact) mass is 336 g/mol. The van der Waals surface area contributed by atoms with Crippen molar-refractivity contribution in [3.63, 3.8) is 0 Å². The van der Waals surface area contributed by atoms with Crippen molar-refractivity contribution in [1.29, 1.82) is 0 Å². The van der Waals surface area contributed by atoms with Gasteiger partial charge in [0.2, 0.25) is 0 Å². The van der Waals surface area contributed by atoms with Gasteiger partial charge in [0.25, 0.3) is 0 Å². The van der Waals surface area contributed by atoms with Crippen molar-refractivity contribution in [2.75, 3.05) is 72.9 Å². The van der Waals surface area contributed by atoms with Crippen LogP contribution in [0.25, 0.3) is 0 Å². The zero-order valence-electron chi connectivity index (χ0n) is 15.1. The lowest BCUT2D eigenvalue weighted by Crippen LogP contribution is -2.13. The second-order valence-corrected chi connectivity index (χ2v) is 5.09. The SMILES string of the molecule is CCCCOCCOCCOCOCCOCCOCCCC. The van der Waals surface area contributed by atoms with E-state index in [1.165, 1.54) is 0 Å². The van der Waals surface area contributed by atoms with Crippen LogP contribution in [0.15, 0.2) is 0 Å². The maximum Gasteiger partial charge on any atom is 0.146 e. The maximum absolute atomic E-state index is 5.38. The molecule has 0 bridgehead atoms. The molecule has 0 aromatic rings. The summed E-state index contributed by atoms with van der Waals surface area (Å²) in [5, 5.41) is 0. The number of rotatable bonds is 20. The number of hydrogen-bond donors (Lipinski definition) is 0. The van der Waals surface area contributed by atoms with Gasteiger partial charge in [-0.15, -0.1) is 0 Å². The van der Waals surface area contributed by atoms with Crippen LogP contribution in [0.4, 0.5) is 0 Å². The van der Waals surface area contributed by atoms with E-state index in [2.05, 4.69) is 13.8 Å². The molecule has 6 nitrogen and oxygen atoms in total. The molecule has 6 heteroatoms. The highest BCUT2D eigenvalue weighted by molar-refractivity contribution is 4.36. The van der Waals surface area contributed by atoms with Gasteiger partial charge in [-0.05, 0) is 12.8 Å². The Morgan fingerprint density at radius 3 is 1.04 bits per heavy atom. The largest absolute Gasteiger partial charge is 0.379 e. The van der Waals surface area contributed by atoms with Gasteiger partial charge in [-0.25, -0.2) is 0 Å². The van der Waals surface area contributed by atoms with Crippen LogP contribution in [0.1, 0.15) is 39.5 Å². The first-order valence-corrected chi connectivity index (χ1v) is 8.88. The van der Waals surface area contributed by atoms with Crippen molar-refractivity contribution in [2.24, 2.45) is 0 Å². The normalized spacial score (nSPS) is 11.2. The molecule has 0 aromatic heterocycles. The van der Waals surface area contributed by atoms with Gasteiger partial charge in [-0.2, -0.15) is 0 Å². The van der Waals surface area contributed by atoms with Gasteiger partial charge in [-0.3, -0.25) is 0 Å². The Morgan fingerprint density at radius 1 is 0.391 bits per heavy atom. The van der Waals surface area contributed by atoms with Crippen molar-refractivity contribution in [3.8, 4) is 0 Å². The Labute approximate surface area is 141 Å². The van der Waals surface area contributed by atoms with Gasteiger partial charge < -0.3 is 28.4 Å². The van der Waals surface area contributed by atoms with Crippen LogP contribution in [-0.4, -0.2) is 72.9 Å². The molecule has 0 aliphatic heterocycles. The minimum Gasteiger partial charge on any atom is -0.379 e. The van der Waals surface area contributed by atoms with Crippen LogP contribution >= 0.6 is 0 Å². The molecule has 0 radical (unpaired) electrons. The molecule has 0 fully saturated rings. The predicted octanol–water partition coefficient (Wildman–Crippen LogP) is 2.64. The second kappa shape index (κ2) is 21.8. The fraction of sp³-hybridized carbons (Fsp3) is 1.00. The van der Waals surface area contributed by atoms with E-state index < -0.39 is 0 Å². The Bertz CT molecular complexity index is 184. The van der Waals surface area contributed by atoms with E-state index in [9.17, 15) is 0 Å². The summed E-state index contributed by atoms with van der Waals surface area (Å²) in [6.45, 7) is 10.9. The number of ether oxygens (including phenoxy) is 6. The minimum atomic E-state index is 0.271. The molecule has 0 rings (SSSR count). The molecule has 0 N–H and O–H groups in total. The lowest BCUT2D eigenvalue weighted by molar-refractivity contribution is -0.0855. The summed E-state index contributed by atoms with van der Waals surface area (Å²) in [6, 6.07) is 0. The van der Waals surface area contributed by atoms with Gasteiger partial charge in [0, 0.05) is 13.2 Å². The highest BCUT2D eigenvalue weighted by Crippen LogP contribution is 1.89. The van der Waals surface area contributed by atoms with E-state index in [1.807, 2.05) is 0 Å². The standard InChI is InChI=1S/C17H36O6/c1-3-5-7-18-9-11-20-13-15-22-17-23-16-14-21-12-10-19-8-6-4-2/h3-17H2,1-2H3. The molecule has 23 heavy (non-hydrogen) atoms. The van der Waals surface area contributed by atoms with E-state index >= 15 is 0 Å². The summed E-state index contributed by atoms with van der Waals surface area (Å²) in [6.07, 6.45) is 4.53. The zero-order valence-corrected chi connectivity index (χ0v) is 15.1. The first-order chi connectivity index (χ1) is 11.4. The van der Waals surface area contributed by atoms with Crippen LogP contribution in [-0.2, 0) is 28.4 Å². The van der Waals surface area contributed by atoms with E-state index in [4.69, 9.17) is 28.4 Å². The topological polar surface area (TPSA) is 55.4 Å². The molecule has 0 amide bonds. The van der Waals surface area contributed by atoms with E-state index in [0.29, 0.717) is 52.9 Å². The van der Waals surface area contributed by atoms with Gasteiger partial charge in [0.15, 0.2) is 0 Å². The molecule has 0 aliphatic carbocycles. The number of hydrogen-bond acceptors (Lipinski definition) is 6. The van der Waals surface area contributed by atoms with Crippen molar-refractivity contribution in [1.82, 2.24) is 0 Å². The third-order valence-electron chi connectivity index (χ3n) is 2.94. The lowest BCUT2D eigenvalue weighted by atomic mass is 10.4. The predicted molar refractivity (Wildman–Crippen MR) is 89.9 cm³/mol. The van der Waals surface area contributed by atoms with Crippen LogP contribution in [0.2, 0.25) is 0 Å². The van der Waals surface area contributed by atoms with Crippen molar-refractivity contribution < 1.29 is 28.4 Å². The second-order valence-electron chi connectivity index (χ2n) is 5.09. The molecular formula is C17H36O6. The van der Waals surface area contributed by atoms with E-state index in [0.717, 1.165) is 38.9 Å². The zero-order chi connectivity index (χ0) is 16.8. The Hall–Kier alpha value is -0.240. The summed E-state index contributed by atoms with van der Waals surface area (Å²) in [5.74, 6) is 0.